The minimum atomic E-state index is -3.77. The Balaban J connectivity index is 1.46. The number of aromatic nitrogens is 2. The minimum Gasteiger partial charge on any atom is -0.463 e. The lowest BCUT2D eigenvalue weighted by atomic mass is 10.2. The van der Waals surface area contributed by atoms with E-state index in [4.69, 9.17) is 4.42 Å². The maximum atomic E-state index is 12.7. The predicted molar refractivity (Wildman–Crippen MR) is 110 cm³/mol. The number of hydrogen-bond donors (Lipinski definition) is 1. The first-order valence-electron chi connectivity index (χ1n) is 9.38. The molecule has 0 bridgehead atoms. The zero-order valence-corrected chi connectivity index (χ0v) is 17.1. The van der Waals surface area contributed by atoms with E-state index in [1.54, 1.807) is 35.2 Å². The molecule has 0 aliphatic carbocycles. The third kappa shape index (κ3) is 3.91. The van der Waals surface area contributed by atoms with Gasteiger partial charge in [-0.25, -0.2) is 17.8 Å². The smallest absolute Gasteiger partial charge is 0.266 e. The van der Waals surface area contributed by atoms with Crippen LogP contribution in [0, 0.1) is 0 Å². The van der Waals surface area contributed by atoms with Crippen LogP contribution in [0.2, 0.25) is 0 Å². The van der Waals surface area contributed by atoms with Gasteiger partial charge in [-0.1, -0.05) is 0 Å². The Kier molecular flexibility index (Phi) is 5.27. The maximum absolute atomic E-state index is 12.7. The van der Waals surface area contributed by atoms with Gasteiger partial charge in [-0.3, -0.25) is 9.59 Å². The SMILES string of the molecule is CC(=O)N1CCc2cc(S(=O)(=O)NCCn3nc(-c4ccco4)ccc3=O)ccc21. The molecule has 0 unspecified atom stereocenters. The van der Waals surface area contributed by atoms with Gasteiger partial charge in [-0.05, 0) is 48.4 Å². The van der Waals surface area contributed by atoms with E-state index < -0.39 is 10.0 Å². The number of benzene rings is 1. The Morgan fingerprint density at radius 3 is 2.80 bits per heavy atom. The van der Waals surface area contributed by atoms with Crippen molar-refractivity contribution in [3.63, 3.8) is 0 Å². The van der Waals surface area contributed by atoms with Gasteiger partial charge < -0.3 is 9.32 Å². The highest BCUT2D eigenvalue weighted by Crippen LogP contribution is 2.30. The number of anilines is 1. The number of nitrogens with one attached hydrogen (secondary N) is 1. The number of amides is 1. The Bertz CT molecular complexity index is 1250. The summed E-state index contributed by atoms with van der Waals surface area (Å²) in [6.07, 6.45) is 2.12. The molecule has 1 aliphatic rings. The summed E-state index contributed by atoms with van der Waals surface area (Å²) in [5.41, 5.74) is 1.70. The lowest BCUT2D eigenvalue weighted by Crippen LogP contribution is -2.32. The van der Waals surface area contributed by atoms with E-state index in [0.29, 0.717) is 24.4 Å². The van der Waals surface area contributed by atoms with Gasteiger partial charge in [0.1, 0.15) is 5.69 Å². The van der Waals surface area contributed by atoms with Crippen LogP contribution in [0.5, 0.6) is 0 Å². The van der Waals surface area contributed by atoms with E-state index in [9.17, 15) is 18.0 Å². The normalized spacial score (nSPS) is 13.4. The highest BCUT2D eigenvalue weighted by Gasteiger charge is 2.24. The Morgan fingerprint density at radius 2 is 2.07 bits per heavy atom. The minimum absolute atomic E-state index is 0.00644. The second-order valence-corrected chi connectivity index (χ2v) is 8.63. The fraction of sp³-hybridized carbons (Fsp3) is 0.250. The lowest BCUT2D eigenvalue weighted by Gasteiger charge is -2.15. The average Bonchev–Trinajstić information content (AvgIpc) is 3.38. The second kappa shape index (κ2) is 7.88. The van der Waals surface area contributed by atoms with Crippen LogP contribution in [0.25, 0.3) is 11.5 Å². The summed E-state index contributed by atoms with van der Waals surface area (Å²) in [4.78, 5) is 25.4. The molecule has 9 nitrogen and oxygen atoms in total. The molecule has 4 rings (SSSR count). The van der Waals surface area contributed by atoms with Gasteiger partial charge in [0.2, 0.25) is 15.9 Å². The number of hydrogen-bond acceptors (Lipinski definition) is 6. The van der Waals surface area contributed by atoms with Crippen molar-refractivity contribution < 1.29 is 17.6 Å². The van der Waals surface area contributed by atoms with Gasteiger partial charge in [-0.2, -0.15) is 5.10 Å². The molecule has 0 atom stereocenters. The van der Waals surface area contributed by atoms with Gasteiger partial charge in [0, 0.05) is 31.8 Å². The summed E-state index contributed by atoms with van der Waals surface area (Å²) < 4.78 is 34.3. The largest absolute Gasteiger partial charge is 0.463 e. The molecule has 0 radical (unpaired) electrons. The van der Waals surface area contributed by atoms with Crippen molar-refractivity contribution in [2.45, 2.75) is 24.8 Å². The molecule has 3 heterocycles. The van der Waals surface area contributed by atoms with Crippen molar-refractivity contribution >= 4 is 21.6 Å². The van der Waals surface area contributed by atoms with Crippen molar-refractivity contribution in [2.24, 2.45) is 0 Å². The molecule has 1 N–H and O–H groups in total. The van der Waals surface area contributed by atoms with Crippen LogP contribution in [0.3, 0.4) is 0 Å². The number of rotatable bonds is 6. The van der Waals surface area contributed by atoms with Gasteiger partial charge in [-0.15, -0.1) is 0 Å². The Labute approximate surface area is 173 Å². The quantitative estimate of drug-likeness (QED) is 0.635. The van der Waals surface area contributed by atoms with Crippen LogP contribution in [0.1, 0.15) is 12.5 Å². The van der Waals surface area contributed by atoms with Crippen molar-refractivity contribution in [1.82, 2.24) is 14.5 Å². The molecule has 1 aliphatic heterocycles. The van der Waals surface area contributed by atoms with Crippen LogP contribution >= 0.6 is 0 Å². The van der Waals surface area contributed by atoms with Crippen LogP contribution in [-0.2, 0) is 27.8 Å². The summed E-state index contributed by atoms with van der Waals surface area (Å²) in [7, 11) is -3.77. The third-order valence-electron chi connectivity index (χ3n) is 4.89. The van der Waals surface area contributed by atoms with Gasteiger partial charge >= 0.3 is 0 Å². The lowest BCUT2D eigenvalue weighted by molar-refractivity contribution is -0.116. The van der Waals surface area contributed by atoms with Gasteiger partial charge in [0.05, 0.1) is 17.7 Å². The standard InChI is InChI=1S/C20H20N4O5S/c1-14(25)23-10-8-15-13-16(4-6-18(15)23)30(27,28)21-9-11-24-20(26)7-5-17(22-24)19-3-2-12-29-19/h2-7,12-13,21H,8-11H2,1H3. The molecule has 30 heavy (non-hydrogen) atoms. The number of fused-ring (bicyclic) bond motifs is 1. The van der Waals surface area contributed by atoms with Crippen LogP contribution < -0.4 is 15.2 Å². The monoisotopic (exact) mass is 428 g/mol. The van der Waals surface area contributed by atoms with Crippen molar-refractivity contribution in [2.75, 3.05) is 18.0 Å². The summed E-state index contributed by atoms with van der Waals surface area (Å²) in [5.74, 6) is 0.444. The Morgan fingerprint density at radius 1 is 1.23 bits per heavy atom. The van der Waals surface area contributed by atoms with Gasteiger partial charge in [0.25, 0.3) is 5.56 Å². The average molecular weight is 428 g/mol. The van der Waals surface area contributed by atoms with Crippen molar-refractivity contribution in [3.8, 4) is 11.5 Å². The van der Waals surface area contributed by atoms with Gasteiger partial charge in [0.15, 0.2) is 5.76 Å². The first-order valence-corrected chi connectivity index (χ1v) is 10.9. The summed E-state index contributed by atoms with van der Waals surface area (Å²) in [6, 6.07) is 11.1. The molecule has 2 aromatic heterocycles. The summed E-state index contributed by atoms with van der Waals surface area (Å²) in [5, 5.41) is 4.22. The number of carbonyl (C=O) groups is 1. The van der Waals surface area contributed by atoms with Crippen molar-refractivity contribution in [3.05, 3.63) is 64.6 Å². The fourth-order valence-electron chi connectivity index (χ4n) is 3.41. The maximum Gasteiger partial charge on any atom is 0.266 e. The number of sulfonamides is 1. The topological polar surface area (TPSA) is 115 Å². The Hall–Kier alpha value is -3.24. The first-order chi connectivity index (χ1) is 14.3. The van der Waals surface area contributed by atoms with E-state index in [0.717, 1.165) is 11.3 Å². The first kappa shape index (κ1) is 20.0. The van der Waals surface area contributed by atoms with E-state index in [-0.39, 0.29) is 29.5 Å². The molecule has 10 heteroatoms. The van der Waals surface area contributed by atoms with E-state index >= 15 is 0 Å². The fourth-order valence-corrected chi connectivity index (χ4v) is 4.48. The summed E-state index contributed by atoms with van der Waals surface area (Å²) >= 11 is 0. The molecule has 3 aromatic rings. The third-order valence-corrected chi connectivity index (χ3v) is 6.35. The number of nitrogens with zero attached hydrogens (tertiary/aromatic N) is 3. The van der Waals surface area contributed by atoms with Crippen molar-refractivity contribution in [1.29, 1.82) is 0 Å². The molecule has 0 saturated heterocycles. The molecular formula is C20H20N4O5S. The zero-order chi connectivity index (χ0) is 21.3. The van der Waals surface area contributed by atoms with Crippen LogP contribution in [-0.4, -0.2) is 37.2 Å². The van der Waals surface area contributed by atoms with Crippen LogP contribution in [0.15, 0.2) is 62.8 Å². The molecular weight excluding hydrogens is 408 g/mol. The molecule has 0 spiro atoms. The van der Waals surface area contributed by atoms with E-state index in [2.05, 4.69) is 9.82 Å². The molecule has 1 amide bonds. The second-order valence-electron chi connectivity index (χ2n) is 6.87. The van der Waals surface area contributed by atoms with Crippen LogP contribution in [0.4, 0.5) is 5.69 Å². The number of furan rings is 1. The highest BCUT2D eigenvalue weighted by atomic mass is 32.2. The number of carbonyl (C=O) groups excluding carboxylic acids is 1. The predicted octanol–water partition coefficient (Wildman–Crippen LogP) is 1.39. The molecule has 0 fully saturated rings. The van der Waals surface area contributed by atoms with E-state index in [1.807, 2.05) is 0 Å². The zero-order valence-electron chi connectivity index (χ0n) is 16.2. The van der Waals surface area contributed by atoms with E-state index in [1.165, 1.54) is 30.0 Å². The molecule has 156 valence electrons. The highest BCUT2D eigenvalue weighted by molar-refractivity contribution is 7.89. The molecule has 1 aromatic carbocycles. The molecule has 0 saturated carbocycles. The summed E-state index contributed by atoms with van der Waals surface area (Å²) in [6.45, 7) is 2.09.